The van der Waals surface area contributed by atoms with Crippen LogP contribution in [0.5, 0.6) is 0 Å². The number of carbonyl (C=O) groups is 1. The van der Waals surface area contributed by atoms with Gasteiger partial charge in [-0.1, -0.05) is 0 Å². The fourth-order valence-electron chi connectivity index (χ4n) is 3.56. The average molecular weight is 412 g/mol. The van der Waals surface area contributed by atoms with Crippen molar-refractivity contribution in [2.75, 3.05) is 0 Å². The molecule has 7 heteroatoms. The number of aryl methyl sites for hydroxylation is 1. The average Bonchev–Trinajstić information content (AvgIpc) is 3.35. The number of amides is 1. The van der Waals surface area contributed by atoms with Gasteiger partial charge < -0.3 is 14.7 Å². The summed E-state index contributed by atoms with van der Waals surface area (Å²) in [5.74, 6) is -1.43. The van der Waals surface area contributed by atoms with Crippen molar-refractivity contribution in [2.45, 2.75) is 25.8 Å². The van der Waals surface area contributed by atoms with Crippen LogP contribution in [-0.2, 0) is 11.2 Å². The summed E-state index contributed by atoms with van der Waals surface area (Å²) in [5.41, 5.74) is 1.89. The third kappa shape index (κ3) is 3.96. The Hall–Kier alpha value is -3.48. The van der Waals surface area contributed by atoms with E-state index in [1.54, 1.807) is 31.2 Å². The zero-order valence-electron chi connectivity index (χ0n) is 16.1. The number of H-pyrrole nitrogens is 1. The van der Waals surface area contributed by atoms with Crippen LogP contribution >= 0.6 is 0 Å². The highest BCUT2D eigenvalue weighted by atomic mass is 19.1. The van der Waals surface area contributed by atoms with Gasteiger partial charge in [0.15, 0.2) is 0 Å². The van der Waals surface area contributed by atoms with Crippen LogP contribution in [0.2, 0.25) is 0 Å². The first-order valence-corrected chi connectivity index (χ1v) is 9.50. The van der Waals surface area contributed by atoms with Crippen LogP contribution in [0, 0.1) is 17.5 Å². The molecule has 2 aromatic carbocycles. The summed E-state index contributed by atoms with van der Waals surface area (Å²) in [4.78, 5) is 15.4. The second-order valence-corrected chi connectivity index (χ2v) is 7.10. The molecular weight excluding hydrogens is 393 g/mol. The van der Waals surface area contributed by atoms with Crippen LogP contribution < -0.4 is 5.32 Å². The molecule has 2 N–H and O–H groups in total. The Balaban J connectivity index is 1.63. The standard InChI is InChI=1S/C23H19F3N2O2/c1-13(20-3-2-10-30-20)27-21(29)9-8-17-18-11-16(25)12-19(26)23(18)28-22(17)14-4-6-15(24)7-5-14/h2-7,10-13,28H,8-9H2,1H3,(H,27,29). The number of benzene rings is 2. The molecule has 0 aliphatic heterocycles. The molecule has 0 bridgehead atoms. The van der Waals surface area contributed by atoms with Crippen molar-refractivity contribution in [2.24, 2.45) is 0 Å². The maximum atomic E-state index is 14.3. The molecule has 154 valence electrons. The number of carbonyl (C=O) groups excluding carboxylic acids is 1. The minimum Gasteiger partial charge on any atom is -0.467 e. The van der Waals surface area contributed by atoms with Crippen molar-refractivity contribution in [3.63, 3.8) is 0 Å². The number of fused-ring (bicyclic) bond motifs is 1. The summed E-state index contributed by atoms with van der Waals surface area (Å²) in [5, 5.41) is 3.20. The Morgan fingerprint density at radius 3 is 2.57 bits per heavy atom. The fourth-order valence-corrected chi connectivity index (χ4v) is 3.56. The van der Waals surface area contributed by atoms with E-state index in [-0.39, 0.29) is 30.3 Å². The molecule has 4 rings (SSSR count). The number of aromatic nitrogens is 1. The molecule has 0 aliphatic rings. The first kappa shape index (κ1) is 19.8. The summed E-state index contributed by atoms with van der Waals surface area (Å²) >= 11 is 0. The molecule has 2 aromatic heterocycles. The highest BCUT2D eigenvalue weighted by Gasteiger charge is 2.19. The number of hydrogen-bond acceptors (Lipinski definition) is 2. The van der Waals surface area contributed by atoms with Crippen molar-refractivity contribution in [1.82, 2.24) is 10.3 Å². The lowest BCUT2D eigenvalue weighted by Crippen LogP contribution is -2.26. The van der Waals surface area contributed by atoms with Gasteiger partial charge in [-0.05, 0) is 66.9 Å². The second kappa shape index (κ2) is 8.10. The molecule has 1 amide bonds. The number of nitrogens with one attached hydrogen (secondary N) is 2. The zero-order valence-corrected chi connectivity index (χ0v) is 16.1. The topological polar surface area (TPSA) is 58.0 Å². The van der Waals surface area contributed by atoms with Gasteiger partial charge in [0.2, 0.25) is 5.91 Å². The lowest BCUT2D eigenvalue weighted by Gasteiger charge is -2.12. The van der Waals surface area contributed by atoms with Crippen molar-refractivity contribution in [3.05, 3.63) is 83.6 Å². The lowest BCUT2D eigenvalue weighted by atomic mass is 10.0. The molecule has 30 heavy (non-hydrogen) atoms. The fraction of sp³-hybridized carbons (Fsp3) is 0.174. The third-order valence-electron chi connectivity index (χ3n) is 5.01. The van der Waals surface area contributed by atoms with E-state index in [1.165, 1.54) is 24.5 Å². The van der Waals surface area contributed by atoms with Gasteiger partial charge >= 0.3 is 0 Å². The summed E-state index contributed by atoms with van der Waals surface area (Å²) in [6.07, 6.45) is 1.87. The number of rotatable bonds is 6. The Kier molecular flexibility index (Phi) is 5.35. The normalized spacial score (nSPS) is 12.3. The van der Waals surface area contributed by atoms with Crippen LogP contribution in [0.1, 0.15) is 30.7 Å². The smallest absolute Gasteiger partial charge is 0.220 e. The zero-order chi connectivity index (χ0) is 21.3. The number of halogens is 3. The Morgan fingerprint density at radius 1 is 1.10 bits per heavy atom. The molecule has 0 spiro atoms. The van der Waals surface area contributed by atoms with Crippen molar-refractivity contribution in [3.8, 4) is 11.3 Å². The number of aromatic amines is 1. The molecule has 1 unspecified atom stereocenters. The van der Waals surface area contributed by atoms with Crippen molar-refractivity contribution >= 4 is 16.8 Å². The molecule has 1 atom stereocenters. The van der Waals surface area contributed by atoms with Gasteiger partial charge in [0.05, 0.1) is 17.8 Å². The van der Waals surface area contributed by atoms with Gasteiger partial charge in [0, 0.05) is 23.6 Å². The summed E-state index contributed by atoms with van der Waals surface area (Å²) in [6.45, 7) is 1.80. The lowest BCUT2D eigenvalue weighted by molar-refractivity contribution is -0.121. The van der Waals surface area contributed by atoms with E-state index >= 15 is 0 Å². The van der Waals surface area contributed by atoms with Crippen molar-refractivity contribution < 1.29 is 22.4 Å². The van der Waals surface area contributed by atoms with Gasteiger partial charge in [0.25, 0.3) is 0 Å². The minimum absolute atomic E-state index is 0.102. The van der Waals surface area contributed by atoms with Gasteiger partial charge in [-0.25, -0.2) is 13.2 Å². The van der Waals surface area contributed by atoms with Crippen LogP contribution in [0.25, 0.3) is 22.2 Å². The molecule has 0 saturated carbocycles. The highest BCUT2D eigenvalue weighted by molar-refractivity contribution is 5.92. The molecule has 2 heterocycles. The second-order valence-electron chi connectivity index (χ2n) is 7.10. The Bertz CT molecular complexity index is 1180. The predicted molar refractivity (Wildman–Crippen MR) is 107 cm³/mol. The first-order valence-electron chi connectivity index (χ1n) is 9.50. The number of hydrogen-bond donors (Lipinski definition) is 2. The molecule has 0 radical (unpaired) electrons. The van der Waals surface area contributed by atoms with Crippen LogP contribution in [0.4, 0.5) is 13.2 Å². The third-order valence-corrected chi connectivity index (χ3v) is 5.01. The largest absolute Gasteiger partial charge is 0.467 e. The predicted octanol–water partition coefficient (Wildman–Crippen LogP) is 5.66. The molecule has 4 aromatic rings. The van der Waals surface area contributed by atoms with E-state index in [2.05, 4.69) is 10.3 Å². The number of furan rings is 1. The SMILES string of the molecule is CC(NC(=O)CCc1c(-c2ccc(F)cc2)[nH]c2c(F)cc(F)cc12)c1ccco1. The molecule has 0 fully saturated rings. The van der Waals surface area contributed by atoms with Gasteiger partial charge in [-0.2, -0.15) is 0 Å². The minimum atomic E-state index is -0.726. The van der Waals surface area contributed by atoms with E-state index in [1.807, 2.05) is 0 Å². The van der Waals surface area contributed by atoms with Crippen molar-refractivity contribution in [1.29, 1.82) is 0 Å². The Morgan fingerprint density at radius 2 is 1.87 bits per heavy atom. The summed E-state index contributed by atoms with van der Waals surface area (Å²) in [6, 6.07) is 10.9. The van der Waals surface area contributed by atoms with E-state index in [0.29, 0.717) is 28.0 Å². The van der Waals surface area contributed by atoms with Gasteiger partial charge in [0.1, 0.15) is 23.2 Å². The maximum Gasteiger partial charge on any atom is 0.220 e. The van der Waals surface area contributed by atoms with E-state index in [4.69, 9.17) is 4.42 Å². The molecular formula is C23H19F3N2O2. The van der Waals surface area contributed by atoms with Crippen LogP contribution in [0.15, 0.2) is 59.2 Å². The Labute approximate surface area is 170 Å². The first-order chi connectivity index (χ1) is 14.4. The highest BCUT2D eigenvalue weighted by Crippen LogP contribution is 2.33. The van der Waals surface area contributed by atoms with Crippen LogP contribution in [0.3, 0.4) is 0 Å². The van der Waals surface area contributed by atoms with Gasteiger partial charge in [-0.3, -0.25) is 4.79 Å². The monoisotopic (exact) mass is 412 g/mol. The maximum absolute atomic E-state index is 14.3. The van der Waals surface area contributed by atoms with E-state index in [9.17, 15) is 18.0 Å². The summed E-state index contributed by atoms with van der Waals surface area (Å²) < 4.78 is 46.8. The molecule has 0 saturated heterocycles. The molecule has 0 aliphatic carbocycles. The van der Waals surface area contributed by atoms with E-state index in [0.717, 1.165) is 6.07 Å². The molecule has 4 nitrogen and oxygen atoms in total. The van der Waals surface area contributed by atoms with Crippen LogP contribution in [-0.4, -0.2) is 10.9 Å². The van der Waals surface area contributed by atoms with Gasteiger partial charge in [-0.15, -0.1) is 0 Å². The quantitative estimate of drug-likeness (QED) is 0.430. The van der Waals surface area contributed by atoms with E-state index < -0.39 is 17.5 Å². The summed E-state index contributed by atoms with van der Waals surface area (Å²) in [7, 11) is 0.